The minimum Gasteiger partial charge on any atom is -0.454 e. The van der Waals surface area contributed by atoms with E-state index in [-0.39, 0.29) is 17.9 Å². The number of rotatable bonds is 5. The smallest absolute Gasteiger partial charge is 0.231 e. The third kappa shape index (κ3) is 5.73. The van der Waals surface area contributed by atoms with Crippen LogP contribution < -0.4 is 20.1 Å². The van der Waals surface area contributed by atoms with Crippen molar-refractivity contribution in [3.63, 3.8) is 0 Å². The molecule has 32 heavy (non-hydrogen) atoms. The zero-order valence-electron chi connectivity index (χ0n) is 19.8. The van der Waals surface area contributed by atoms with Crippen LogP contribution in [0, 0.1) is 6.92 Å². The first-order valence-corrected chi connectivity index (χ1v) is 11.8. The van der Waals surface area contributed by atoms with Crippen LogP contribution in [0.2, 0.25) is 0 Å². The SMILES string of the molecule is Cc1ccc(CN(Cc2ccc3c(c2)OCO3)C(=S)NC2CC(C)(C)NC(C)(C)C2)cc1. The number of ether oxygens (including phenoxy) is 2. The number of benzene rings is 2. The second-order valence-corrected chi connectivity index (χ2v) is 10.9. The highest BCUT2D eigenvalue weighted by Gasteiger charge is 2.38. The van der Waals surface area contributed by atoms with Crippen molar-refractivity contribution in [3.8, 4) is 11.5 Å². The molecule has 6 heteroatoms. The van der Waals surface area contributed by atoms with Crippen LogP contribution in [-0.4, -0.2) is 33.9 Å². The molecule has 4 rings (SSSR count). The minimum absolute atomic E-state index is 0.0636. The lowest BCUT2D eigenvalue weighted by atomic mass is 9.80. The predicted molar refractivity (Wildman–Crippen MR) is 133 cm³/mol. The van der Waals surface area contributed by atoms with E-state index in [0.717, 1.165) is 41.6 Å². The van der Waals surface area contributed by atoms with Crippen LogP contribution in [0.15, 0.2) is 42.5 Å². The Morgan fingerprint density at radius 3 is 2.25 bits per heavy atom. The van der Waals surface area contributed by atoms with Gasteiger partial charge in [-0.3, -0.25) is 0 Å². The molecule has 0 aliphatic carbocycles. The van der Waals surface area contributed by atoms with E-state index in [4.69, 9.17) is 21.7 Å². The van der Waals surface area contributed by atoms with Crippen molar-refractivity contribution in [2.45, 2.75) is 77.7 Å². The summed E-state index contributed by atoms with van der Waals surface area (Å²) in [6.45, 7) is 12.9. The maximum absolute atomic E-state index is 5.97. The molecule has 1 saturated heterocycles. The van der Waals surface area contributed by atoms with Gasteiger partial charge in [-0.25, -0.2) is 0 Å². The van der Waals surface area contributed by atoms with Gasteiger partial charge >= 0.3 is 0 Å². The van der Waals surface area contributed by atoms with Crippen LogP contribution in [0.1, 0.15) is 57.2 Å². The van der Waals surface area contributed by atoms with Crippen LogP contribution in [0.5, 0.6) is 11.5 Å². The Kier molecular flexibility index (Phi) is 6.37. The van der Waals surface area contributed by atoms with Gasteiger partial charge in [0.25, 0.3) is 0 Å². The highest BCUT2D eigenvalue weighted by atomic mass is 32.1. The first-order chi connectivity index (χ1) is 15.1. The largest absolute Gasteiger partial charge is 0.454 e. The Labute approximate surface area is 197 Å². The fourth-order valence-electron chi connectivity index (χ4n) is 5.06. The van der Waals surface area contributed by atoms with Gasteiger partial charge in [0.05, 0.1) is 0 Å². The van der Waals surface area contributed by atoms with Crippen molar-refractivity contribution in [2.24, 2.45) is 0 Å². The molecule has 0 amide bonds. The van der Waals surface area contributed by atoms with Crippen LogP contribution in [-0.2, 0) is 13.1 Å². The lowest BCUT2D eigenvalue weighted by Crippen LogP contribution is -2.62. The molecular weight excluding hydrogens is 418 g/mol. The van der Waals surface area contributed by atoms with Crippen molar-refractivity contribution in [1.29, 1.82) is 0 Å². The Balaban J connectivity index is 1.52. The maximum atomic E-state index is 5.97. The van der Waals surface area contributed by atoms with E-state index in [0.29, 0.717) is 12.6 Å². The molecule has 5 nitrogen and oxygen atoms in total. The molecule has 0 spiro atoms. The highest BCUT2D eigenvalue weighted by Crippen LogP contribution is 2.33. The van der Waals surface area contributed by atoms with Gasteiger partial charge in [-0.15, -0.1) is 0 Å². The van der Waals surface area contributed by atoms with Crippen molar-refractivity contribution in [1.82, 2.24) is 15.5 Å². The van der Waals surface area contributed by atoms with Crippen molar-refractivity contribution in [3.05, 3.63) is 59.2 Å². The van der Waals surface area contributed by atoms with Gasteiger partial charge in [0.2, 0.25) is 6.79 Å². The Bertz CT molecular complexity index is 956. The van der Waals surface area contributed by atoms with E-state index in [1.807, 2.05) is 6.07 Å². The molecule has 2 aromatic carbocycles. The van der Waals surface area contributed by atoms with Crippen molar-refractivity contribution in [2.75, 3.05) is 6.79 Å². The van der Waals surface area contributed by atoms with Crippen molar-refractivity contribution < 1.29 is 9.47 Å². The normalized spacial score (nSPS) is 18.9. The predicted octanol–water partition coefficient (Wildman–Crippen LogP) is 4.91. The molecule has 1 fully saturated rings. The number of piperidine rings is 1. The van der Waals surface area contributed by atoms with Gasteiger partial charge in [-0.05, 0) is 82.9 Å². The first-order valence-electron chi connectivity index (χ1n) is 11.4. The quantitative estimate of drug-likeness (QED) is 0.628. The molecule has 172 valence electrons. The summed E-state index contributed by atoms with van der Waals surface area (Å²) in [4.78, 5) is 2.25. The van der Waals surface area contributed by atoms with E-state index in [1.165, 1.54) is 11.1 Å². The van der Waals surface area contributed by atoms with Crippen molar-refractivity contribution >= 4 is 17.3 Å². The van der Waals surface area contributed by atoms with Crippen LogP contribution in [0.25, 0.3) is 0 Å². The summed E-state index contributed by atoms with van der Waals surface area (Å²) in [6.07, 6.45) is 2.05. The third-order valence-electron chi connectivity index (χ3n) is 6.11. The van der Waals surface area contributed by atoms with Gasteiger partial charge in [-0.2, -0.15) is 0 Å². The number of nitrogens with zero attached hydrogens (tertiary/aromatic N) is 1. The highest BCUT2D eigenvalue weighted by molar-refractivity contribution is 7.80. The maximum Gasteiger partial charge on any atom is 0.231 e. The summed E-state index contributed by atoms with van der Waals surface area (Å²) < 4.78 is 11.1. The van der Waals surface area contributed by atoms with Gasteiger partial charge in [0.1, 0.15) is 0 Å². The van der Waals surface area contributed by atoms with E-state index >= 15 is 0 Å². The Hall–Kier alpha value is -2.31. The molecule has 2 aliphatic rings. The van der Waals surface area contributed by atoms with Gasteiger partial charge in [-0.1, -0.05) is 35.9 Å². The number of nitrogens with one attached hydrogen (secondary N) is 2. The fraction of sp³-hybridized carbons (Fsp3) is 0.500. The van der Waals surface area contributed by atoms with Crippen LogP contribution >= 0.6 is 12.2 Å². The molecule has 0 radical (unpaired) electrons. The van der Waals surface area contributed by atoms with Gasteiger partial charge in [0.15, 0.2) is 16.6 Å². The summed E-state index contributed by atoms with van der Waals surface area (Å²) >= 11 is 5.97. The summed E-state index contributed by atoms with van der Waals surface area (Å²) in [5.41, 5.74) is 3.78. The average molecular weight is 454 g/mol. The summed E-state index contributed by atoms with van der Waals surface area (Å²) in [7, 11) is 0. The number of hydrogen-bond acceptors (Lipinski definition) is 4. The summed E-state index contributed by atoms with van der Waals surface area (Å²) in [5, 5.41) is 8.24. The molecule has 2 N–H and O–H groups in total. The second-order valence-electron chi connectivity index (χ2n) is 10.5. The van der Waals surface area contributed by atoms with E-state index in [2.05, 4.69) is 86.6 Å². The summed E-state index contributed by atoms with van der Waals surface area (Å²) in [5.74, 6) is 1.61. The second kappa shape index (κ2) is 8.91. The van der Waals surface area contributed by atoms with E-state index in [1.54, 1.807) is 0 Å². The molecule has 0 saturated carbocycles. The van der Waals surface area contributed by atoms with E-state index < -0.39 is 0 Å². The molecule has 0 bridgehead atoms. The van der Waals surface area contributed by atoms with E-state index in [9.17, 15) is 0 Å². The number of fused-ring (bicyclic) bond motifs is 1. The summed E-state index contributed by atoms with van der Waals surface area (Å²) in [6, 6.07) is 15.1. The first kappa shape index (κ1) is 22.9. The monoisotopic (exact) mass is 453 g/mol. The zero-order valence-corrected chi connectivity index (χ0v) is 20.6. The lowest BCUT2D eigenvalue weighted by Gasteiger charge is -2.47. The molecule has 2 heterocycles. The van der Waals surface area contributed by atoms with Crippen LogP contribution in [0.3, 0.4) is 0 Å². The Morgan fingerprint density at radius 1 is 0.969 bits per heavy atom. The fourth-order valence-corrected chi connectivity index (χ4v) is 5.36. The standard InChI is InChI=1S/C26H35N3O2S/c1-18-6-8-19(9-7-18)15-29(16-20-10-11-22-23(12-20)31-17-30-22)24(32)27-21-13-25(2,3)28-26(4,5)14-21/h6-12,21,28H,13-17H2,1-5H3,(H,27,32). The number of hydrogen-bond donors (Lipinski definition) is 2. The Morgan fingerprint density at radius 2 is 1.56 bits per heavy atom. The number of thiocarbonyl (C=S) groups is 1. The third-order valence-corrected chi connectivity index (χ3v) is 6.49. The lowest BCUT2D eigenvalue weighted by molar-refractivity contribution is 0.153. The molecule has 2 aromatic rings. The van der Waals surface area contributed by atoms with Gasteiger partial charge < -0.3 is 25.0 Å². The molecule has 0 atom stereocenters. The van der Waals surface area contributed by atoms with Crippen LogP contribution in [0.4, 0.5) is 0 Å². The zero-order chi connectivity index (χ0) is 22.9. The number of aryl methyl sites for hydroxylation is 1. The molecule has 2 aliphatic heterocycles. The topological polar surface area (TPSA) is 45.8 Å². The minimum atomic E-state index is 0.0636. The average Bonchev–Trinajstić information content (AvgIpc) is 3.14. The molecule has 0 unspecified atom stereocenters. The molecule has 0 aromatic heterocycles. The molecular formula is C26H35N3O2S. The van der Waals surface area contributed by atoms with Gasteiger partial charge in [0, 0.05) is 30.2 Å².